The topological polar surface area (TPSA) is 97.7 Å². The summed E-state index contributed by atoms with van der Waals surface area (Å²) in [7, 11) is 0. The van der Waals surface area contributed by atoms with E-state index in [0.717, 1.165) is 19.3 Å². The van der Waals surface area contributed by atoms with Crippen LogP contribution in [-0.2, 0) is 23.9 Å². The zero-order chi connectivity index (χ0) is 14.1. The molecule has 0 heterocycles. The van der Waals surface area contributed by atoms with Gasteiger partial charge in [-0.15, -0.1) is 0 Å². The summed E-state index contributed by atoms with van der Waals surface area (Å²) in [5.41, 5.74) is 0. The molecule has 0 aliphatic carbocycles. The number of carbonyl (C=O) groups is 4. The third-order valence-corrected chi connectivity index (χ3v) is 2.35. The molecule has 6 nitrogen and oxygen atoms in total. The van der Waals surface area contributed by atoms with Crippen molar-refractivity contribution < 1.29 is 29.0 Å². The monoisotopic (exact) mass is 258 g/mol. The van der Waals surface area contributed by atoms with Gasteiger partial charge in [0.15, 0.2) is 0 Å². The molecule has 0 radical (unpaired) electrons. The maximum absolute atomic E-state index is 11.3. The van der Waals surface area contributed by atoms with Crippen LogP contribution in [-0.4, -0.2) is 34.7 Å². The van der Waals surface area contributed by atoms with E-state index in [9.17, 15) is 19.2 Å². The number of hydrogen-bond donors (Lipinski definition) is 1. The second-order valence-electron chi connectivity index (χ2n) is 3.92. The molecule has 1 N–H and O–H groups in total. The van der Waals surface area contributed by atoms with Gasteiger partial charge in [-0.1, -0.05) is 33.1 Å². The Morgan fingerprint density at radius 3 is 2.06 bits per heavy atom. The van der Waals surface area contributed by atoms with Crippen LogP contribution in [0.1, 0.15) is 46.0 Å². The lowest BCUT2D eigenvalue weighted by molar-refractivity contribution is -0.164. The molecule has 1 unspecified atom stereocenters. The van der Waals surface area contributed by atoms with E-state index in [4.69, 9.17) is 9.84 Å². The van der Waals surface area contributed by atoms with Crippen molar-refractivity contribution in [3.63, 3.8) is 0 Å². The Morgan fingerprint density at radius 2 is 1.61 bits per heavy atom. The Labute approximate surface area is 105 Å². The highest BCUT2D eigenvalue weighted by molar-refractivity contribution is 6.75. The quantitative estimate of drug-likeness (QED) is 0.378. The molecule has 0 aromatic rings. The van der Waals surface area contributed by atoms with Crippen LogP contribution in [0.2, 0.25) is 0 Å². The zero-order valence-electron chi connectivity index (χ0n) is 10.6. The molecule has 6 heteroatoms. The first kappa shape index (κ1) is 16.3. The molecule has 0 aliphatic heterocycles. The second kappa shape index (κ2) is 8.38. The Balaban J connectivity index is 4.44. The molecule has 0 aromatic carbocycles. The van der Waals surface area contributed by atoms with E-state index in [1.54, 1.807) is 0 Å². The molecule has 0 spiro atoms. The van der Waals surface area contributed by atoms with Crippen LogP contribution in [0.25, 0.3) is 0 Å². The summed E-state index contributed by atoms with van der Waals surface area (Å²) in [6.07, 6.45) is 3.26. The van der Waals surface area contributed by atoms with Crippen molar-refractivity contribution in [2.75, 3.05) is 0 Å². The number of ether oxygens (including phenoxy) is 1. The molecule has 0 amide bonds. The Hall–Kier alpha value is -1.72. The first-order valence-corrected chi connectivity index (χ1v) is 5.96. The zero-order valence-corrected chi connectivity index (χ0v) is 10.6. The number of aliphatic carboxylic acids is 1. The number of carbonyl (C=O) groups excluding carboxylic acids is 3. The number of esters is 1. The number of carboxylic acid groups (broad SMARTS) is 1. The standard InChI is InChI=1S/C12H18O6/c1-3-5-7-8(6-4-2)18-12(17)10(14)9(13)11(15)16/h8H,3-7H2,1-2H3,(H,15,16). The predicted octanol–water partition coefficient (Wildman–Crippen LogP) is 1.11. The van der Waals surface area contributed by atoms with Crippen LogP contribution in [0, 0.1) is 0 Å². The molecular weight excluding hydrogens is 240 g/mol. The molecule has 0 saturated heterocycles. The van der Waals surface area contributed by atoms with Gasteiger partial charge in [0.1, 0.15) is 6.10 Å². The molecule has 18 heavy (non-hydrogen) atoms. The highest BCUT2D eigenvalue weighted by Gasteiger charge is 2.31. The van der Waals surface area contributed by atoms with Crippen molar-refractivity contribution in [3.05, 3.63) is 0 Å². The Morgan fingerprint density at radius 1 is 1.00 bits per heavy atom. The summed E-state index contributed by atoms with van der Waals surface area (Å²) in [5, 5.41) is 8.30. The lowest BCUT2D eigenvalue weighted by Crippen LogP contribution is -2.34. The molecule has 0 saturated carbocycles. The Kier molecular flexibility index (Phi) is 7.58. The van der Waals surface area contributed by atoms with Crippen LogP contribution in [0.4, 0.5) is 0 Å². The first-order valence-electron chi connectivity index (χ1n) is 5.96. The molecule has 0 bridgehead atoms. The van der Waals surface area contributed by atoms with Crippen LogP contribution in [0.5, 0.6) is 0 Å². The second-order valence-corrected chi connectivity index (χ2v) is 3.92. The van der Waals surface area contributed by atoms with Crippen molar-refractivity contribution in [2.45, 2.75) is 52.1 Å². The van der Waals surface area contributed by atoms with Gasteiger partial charge in [0.25, 0.3) is 0 Å². The number of unbranched alkanes of at least 4 members (excludes halogenated alkanes) is 1. The molecule has 1 atom stereocenters. The van der Waals surface area contributed by atoms with Crippen LogP contribution in [0.3, 0.4) is 0 Å². The number of rotatable bonds is 9. The van der Waals surface area contributed by atoms with Crippen molar-refractivity contribution in [1.29, 1.82) is 0 Å². The van der Waals surface area contributed by atoms with Gasteiger partial charge in [-0.2, -0.15) is 0 Å². The lowest BCUT2D eigenvalue weighted by atomic mass is 10.1. The molecule has 0 rings (SSSR count). The average Bonchev–Trinajstić information content (AvgIpc) is 2.34. The van der Waals surface area contributed by atoms with E-state index in [0.29, 0.717) is 12.8 Å². The largest absolute Gasteiger partial charge is 0.475 e. The molecule has 0 aliphatic rings. The highest BCUT2D eigenvalue weighted by Crippen LogP contribution is 2.11. The van der Waals surface area contributed by atoms with Crippen molar-refractivity contribution >= 4 is 23.5 Å². The van der Waals surface area contributed by atoms with Crippen LogP contribution in [0.15, 0.2) is 0 Å². The van der Waals surface area contributed by atoms with Crippen molar-refractivity contribution in [3.8, 4) is 0 Å². The minimum Gasteiger partial charge on any atom is -0.475 e. The summed E-state index contributed by atoms with van der Waals surface area (Å²) in [4.78, 5) is 43.4. The molecule has 102 valence electrons. The van der Waals surface area contributed by atoms with Gasteiger partial charge in [-0.25, -0.2) is 9.59 Å². The van der Waals surface area contributed by atoms with Gasteiger partial charge in [-0.3, -0.25) is 9.59 Å². The van der Waals surface area contributed by atoms with E-state index >= 15 is 0 Å². The number of ketones is 2. The predicted molar refractivity (Wildman–Crippen MR) is 62.0 cm³/mol. The fraction of sp³-hybridized carbons (Fsp3) is 0.667. The molecule has 0 fully saturated rings. The van der Waals surface area contributed by atoms with Crippen LogP contribution >= 0.6 is 0 Å². The van der Waals surface area contributed by atoms with Gasteiger partial charge in [0.05, 0.1) is 0 Å². The fourth-order valence-corrected chi connectivity index (χ4v) is 1.41. The van der Waals surface area contributed by atoms with Gasteiger partial charge < -0.3 is 9.84 Å². The average molecular weight is 258 g/mol. The molecular formula is C12H18O6. The highest BCUT2D eigenvalue weighted by atomic mass is 16.5. The van der Waals surface area contributed by atoms with E-state index in [1.165, 1.54) is 0 Å². The van der Waals surface area contributed by atoms with Gasteiger partial charge in [0, 0.05) is 0 Å². The minimum absolute atomic E-state index is 0.437. The SMILES string of the molecule is CCCCC(CCC)OC(=O)C(=O)C(=O)C(=O)O. The maximum atomic E-state index is 11.3. The third kappa shape index (κ3) is 5.56. The van der Waals surface area contributed by atoms with E-state index < -0.39 is 29.6 Å². The van der Waals surface area contributed by atoms with Crippen molar-refractivity contribution in [2.24, 2.45) is 0 Å². The van der Waals surface area contributed by atoms with Crippen molar-refractivity contribution in [1.82, 2.24) is 0 Å². The Bertz CT molecular complexity index is 333. The summed E-state index contributed by atoms with van der Waals surface area (Å²) in [6, 6.07) is 0. The smallest absolute Gasteiger partial charge is 0.383 e. The minimum atomic E-state index is -1.95. The van der Waals surface area contributed by atoms with E-state index in [2.05, 4.69) is 0 Å². The summed E-state index contributed by atoms with van der Waals surface area (Å²) in [5.74, 6) is -6.71. The van der Waals surface area contributed by atoms with Gasteiger partial charge in [0.2, 0.25) is 0 Å². The lowest BCUT2D eigenvalue weighted by Gasteiger charge is -2.15. The normalized spacial score (nSPS) is 11.7. The van der Waals surface area contributed by atoms with E-state index in [-0.39, 0.29) is 0 Å². The maximum Gasteiger partial charge on any atom is 0.383 e. The molecule has 0 aromatic heterocycles. The first-order chi connectivity index (χ1) is 8.43. The number of hydrogen-bond acceptors (Lipinski definition) is 5. The number of carboxylic acids is 1. The fourth-order valence-electron chi connectivity index (χ4n) is 1.41. The third-order valence-electron chi connectivity index (χ3n) is 2.35. The summed E-state index contributed by atoms with van der Waals surface area (Å²) < 4.78 is 4.85. The van der Waals surface area contributed by atoms with E-state index in [1.807, 2.05) is 13.8 Å². The van der Waals surface area contributed by atoms with Gasteiger partial charge >= 0.3 is 23.5 Å². The summed E-state index contributed by atoms with van der Waals surface area (Å²) in [6.45, 7) is 3.88. The summed E-state index contributed by atoms with van der Waals surface area (Å²) >= 11 is 0. The number of Topliss-reactive ketones (excluding diaryl/α,β-unsaturated/α-hetero) is 2. The van der Waals surface area contributed by atoms with Crippen LogP contribution < -0.4 is 0 Å². The van der Waals surface area contributed by atoms with Gasteiger partial charge in [-0.05, 0) is 12.8 Å².